The lowest BCUT2D eigenvalue weighted by atomic mass is 10.2. The summed E-state index contributed by atoms with van der Waals surface area (Å²) in [6, 6.07) is 0. The van der Waals surface area contributed by atoms with Gasteiger partial charge in [-0.3, -0.25) is 4.79 Å². The van der Waals surface area contributed by atoms with E-state index in [2.05, 4.69) is 10.5 Å². The van der Waals surface area contributed by atoms with Crippen molar-refractivity contribution in [1.29, 1.82) is 0 Å². The highest BCUT2D eigenvalue weighted by Crippen LogP contribution is 2.07. The summed E-state index contributed by atoms with van der Waals surface area (Å²) >= 11 is 0. The molecule has 0 aromatic carbocycles. The Kier molecular flexibility index (Phi) is 5.11. The summed E-state index contributed by atoms with van der Waals surface area (Å²) < 4.78 is 5.09. The van der Waals surface area contributed by atoms with Crippen molar-refractivity contribution >= 4 is 12.2 Å². The number of carbonyl (C=O) groups is 1. The zero-order chi connectivity index (χ0) is 10.3. The van der Waals surface area contributed by atoms with Crippen molar-refractivity contribution in [3.05, 3.63) is 0 Å². The molecule has 0 atom stereocenters. The monoisotopic (exact) mass is 186 g/mol. The molecule has 0 heterocycles. The molecule has 0 unspecified atom stereocenters. The Hall–Kier alpha value is -1.06. The number of ether oxygens (including phenoxy) is 1. The van der Waals surface area contributed by atoms with Crippen LogP contribution in [0.4, 0.5) is 0 Å². The summed E-state index contributed by atoms with van der Waals surface area (Å²) in [6.45, 7) is 7.87. The van der Waals surface area contributed by atoms with Gasteiger partial charge in [0.15, 0.2) is 0 Å². The van der Waals surface area contributed by atoms with Crippen LogP contribution < -0.4 is 5.43 Å². The number of rotatable bonds is 4. The minimum Gasteiger partial charge on any atom is -0.460 e. The second-order valence-electron chi connectivity index (χ2n) is 3.63. The van der Waals surface area contributed by atoms with Gasteiger partial charge in [0, 0.05) is 12.8 Å². The molecule has 4 heteroatoms. The lowest BCUT2D eigenvalue weighted by Crippen LogP contribution is -2.25. The van der Waals surface area contributed by atoms with Gasteiger partial charge in [0.25, 0.3) is 0 Å². The zero-order valence-corrected chi connectivity index (χ0v) is 8.76. The van der Waals surface area contributed by atoms with Crippen LogP contribution in [-0.4, -0.2) is 24.3 Å². The van der Waals surface area contributed by atoms with Gasteiger partial charge in [-0.25, -0.2) is 0 Å². The molecular weight excluding hydrogens is 168 g/mol. The fraction of sp³-hybridized carbons (Fsp3) is 0.778. The van der Waals surface area contributed by atoms with E-state index in [-0.39, 0.29) is 5.97 Å². The van der Waals surface area contributed by atoms with Crippen LogP contribution in [0.2, 0.25) is 0 Å². The largest absolute Gasteiger partial charge is 0.460 e. The Bertz CT molecular complexity index is 183. The topological polar surface area (TPSA) is 50.7 Å². The third-order valence-electron chi connectivity index (χ3n) is 1.08. The molecule has 13 heavy (non-hydrogen) atoms. The second kappa shape index (κ2) is 5.56. The van der Waals surface area contributed by atoms with Gasteiger partial charge in [-0.05, 0) is 27.7 Å². The molecule has 0 bridgehead atoms. The van der Waals surface area contributed by atoms with Crippen molar-refractivity contribution < 1.29 is 9.53 Å². The van der Waals surface area contributed by atoms with E-state index in [9.17, 15) is 4.79 Å². The first-order valence-electron chi connectivity index (χ1n) is 4.38. The molecule has 0 aromatic rings. The van der Waals surface area contributed by atoms with Gasteiger partial charge in [-0.2, -0.15) is 5.10 Å². The third kappa shape index (κ3) is 8.85. The van der Waals surface area contributed by atoms with Gasteiger partial charge in [0.2, 0.25) is 0 Å². The molecule has 0 fully saturated rings. The summed E-state index contributed by atoms with van der Waals surface area (Å²) in [6.07, 6.45) is 1.98. The number of nitrogens with zero attached hydrogens (tertiary/aromatic N) is 1. The number of esters is 1. The molecule has 0 radical (unpaired) electrons. The van der Waals surface area contributed by atoms with Gasteiger partial charge >= 0.3 is 5.97 Å². The van der Waals surface area contributed by atoms with Crippen molar-refractivity contribution in [2.45, 2.75) is 39.7 Å². The van der Waals surface area contributed by atoms with Crippen LogP contribution >= 0.6 is 0 Å². The van der Waals surface area contributed by atoms with Gasteiger partial charge in [-0.1, -0.05) is 0 Å². The van der Waals surface area contributed by atoms with Crippen molar-refractivity contribution in [2.75, 3.05) is 6.54 Å². The van der Waals surface area contributed by atoms with E-state index in [1.165, 1.54) is 0 Å². The Labute approximate surface area is 79.3 Å². The van der Waals surface area contributed by atoms with E-state index >= 15 is 0 Å². The van der Waals surface area contributed by atoms with Crippen LogP contribution in [0, 0.1) is 0 Å². The van der Waals surface area contributed by atoms with Gasteiger partial charge in [0.1, 0.15) is 5.60 Å². The van der Waals surface area contributed by atoms with Crippen molar-refractivity contribution in [3.63, 3.8) is 0 Å². The average Bonchev–Trinajstić information content (AvgIpc) is 1.94. The first kappa shape index (κ1) is 11.9. The lowest BCUT2D eigenvalue weighted by Gasteiger charge is -2.19. The van der Waals surface area contributed by atoms with E-state index in [0.717, 1.165) is 0 Å². The van der Waals surface area contributed by atoms with Crippen molar-refractivity contribution in [1.82, 2.24) is 5.43 Å². The van der Waals surface area contributed by atoms with Crippen LogP contribution in [0.5, 0.6) is 0 Å². The lowest BCUT2D eigenvalue weighted by molar-refractivity contribution is -0.154. The van der Waals surface area contributed by atoms with E-state index in [0.29, 0.717) is 13.0 Å². The zero-order valence-electron chi connectivity index (χ0n) is 8.76. The molecule has 0 rings (SSSR count). The summed E-state index contributed by atoms with van der Waals surface area (Å²) in [5.41, 5.74) is 2.32. The molecule has 0 saturated heterocycles. The minimum absolute atomic E-state index is 0.202. The molecule has 0 amide bonds. The van der Waals surface area contributed by atoms with Gasteiger partial charge in [-0.15, -0.1) is 0 Å². The summed E-state index contributed by atoms with van der Waals surface area (Å²) in [7, 11) is 0. The molecule has 1 N–H and O–H groups in total. The van der Waals surface area contributed by atoms with Crippen LogP contribution in [0.3, 0.4) is 0 Å². The maximum absolute atomic E-state index is 11.1. The summed E-state index contributed by atoms with van der Waals surface area (Å²) in [4.78, 5) is 11.1. The number of carbonyl (C=O) groups excluding carboxylic acids is 1. The summed E-state index contributed by atoms with van der Waals surface area (Å²) in [5, 5.41) is 3.76. The fourth-order valence-corrected chi connectivity index (χ4v) is 0.706. The first-order valence-corrected chi connectivity index (χ1v) is 4.38. The normalized spacial score (nSPS) is 11.7. The molecule has 4 nitrogen and oxygen atoms in total. The molecule has 0 aliphatic carbocycles. The maximum atomic E-state index is 11.1. The Balaban J connectivity index is 3.52. The number of hydrogen-bond acceptors (Lipinski definition) is 4. The van der Waals surface area contributed by atoms with Crippen LogP contribution in [-0.2, 0) is 9.53 Å². The predicted octanol–water partition coefficient (Wildman–Crippen LogP) is 1.31. The smallest absolute Gasteiger partial charge is 0.308 e. The molecule has 76 valence electrons. The van der Waals surface area contributed by atoms with Crippen molar-refractivity contribution in [2.24, 2.45) is 5.10 Å². The standard InChI is InChI=1S/C9H18N2O2/c1-5-10-11-7-6-8(12)13-9(2,3)4/h5,11H,6-7H2,1-4H3. The highest BCUT2D eigenvalue weighted by Gasteiger charge is 2.15. The first-order chi connectivity index (χ1) is 5.95. The highest BCUT2D eigenvalue weighted by molar-refractivity contribution is 5.70. The Morgan fingerprint density at radius 1 is 1.54 bits per heavy atom. The second-order valence-corrected chi connectivity index (χ2v) is 3.63. The van der Waals surface area contributed by atoms with Crippen molar-refractivity contribution in [3.8, 4) is 0 Å². The molecule has 0 saturated carbocycles. The van der Waals surface area contributed by atoms with Gasteiger partial charge < -0.3 is 10.2 Å². The van der Waals surface area contributed by atoms with E-state index < -0.39 is 5.60 Å². The van der Waals surface area contributed by atoms with E-state index in [4.69, 9.17) is 4.74 Å². The van der Waals surface area contributed by atoms with Crippen LogP contribution in [0.25, 0.3) is 0 Å². The molecule has 0 aliphatic heterocycles. The highest BCUT2D eigenvalue weighted by atomic mass is 16.6. The summed E-state index contributed by atoms with van der Waals surface area (Å²) in [5.74, 6) is -0.202. The van der Waals surface area contributed by atoms with Gasteiger partial charge in [0.05, 0.1) is 6.42 Å². The SMILES string of the molecule is CC=NNCCC(=O)OC(C)(C)C. The molecule has 0 aliphatic rings. The molecular formula is C9H18N2O2. The van der Waals surface area contributed by atoms with Crippen LogP contribution in [0.1, 0.15) is 34.1 Å². The number of hydrogen-bond donors (Lipinski definition) is 1. The quantitative estimate of drug-likeness (QED) is 0.312. The minimum atomic E-state index is -0.398. The molecule has 0 spiro atoms. The van der Waals surface area contributed by atoms with E-state index in [1.54, 1.807) is 13.1 Å². The third-order valence-corrected chi connectivity index (χ3v) is 1.08. The van der Waals surface area contributed by atoms with Crippen LogP contribution in [0.15, 0.2) is 5.10 Å². The molecule has 0 aromatic heterocycles. The predicted molar refractivity (Wildman–Crippen MR) is 52.6 cm³/mol. The number of nitrogens with one attached hydrogen (secondary N) is 1. The average molecular weight is 186 g/mol. The Morgan fingerprint density at radius 3 is 2.62 bits per heavy atom. The fourth-order valence-electron chi connectivity index (χ4n) is 0.706. The van der Waals surface area contributed by atoms with E-state index in [1.807, 2.05) is 20.8 Å². The number of hydrazone groups is 1. The maximum Gasteiger partial charge on any atom is 0.308 e. The Morgan fingerprint density at radius 2 is 2.15 bits per heavy atom.